The second kappa shape index (κ2) is 6.68. The molecule has 0 radical (unpaired) electrons. The minimum Gasteiger partial charge on any atom is -0.326 e. The SMILES string of the molecule is Cc1cc(C)cc(NC(=O)CCc2nn3c(C(C)C)nnc3s2)c1. The van der Waals surface area contributed by atoms with E-state index in [1.807, 2.05) is 26.0 Å². The first-order chi connectivity index (χ1) is 11.4. The Labute approximate surface area is 144 Å². The number of amides is 1. The molecule has 126 valence electrons. The normalized spacial score (nSPS) is 11.4. The molecule has 0 aliphatic heterocycles. The van der Waals surface area contributed by atoms with Gasteiger partial charge in [0, 0.05) is 24.4 Å². The number of fused-ring (bicyclic) bond motifs is 1. The predicted octanol–water partition coefficient (Wildman–Crippen LogP) is 3.50. The predicted molar refractivity (Wildman–Crippen MR) is 95.6 cm³/mol. The number of nitrogens with one attached hydrogen (secondary N) is 1. The molecule has 0 unspecified atom stereocenters. The highest BCUT2D eigenvalue weighted by molar-refractivity contribution is 7.16. The van der Waals surface area contributed by atoms with Gasteiger partial charge in [0.05, 0.1) is 0 Å². The quantitative estimate of drug-likeness (QED) is 0.769. The molecule has 24 heavy (non-hydrogen) atoms. The molecular weight excluding hydrogens is 322 g/mol. The Hall–Kier alpha value is -2.28. The molecule has 2 heterocycles. The Morgan fingerprint density at radius 3 is 2.58 bits per heavy atom. The van der Waals surface area contributed by atoms with Gasteiger partial charge >= 0.3 is 0 Å². The van der Waals surface area contributed by atoms with Gasteiger partial charge in [-0.25, -0.2) is 0 Å². The summed E-state index contributed by atoms with van der Waals surface area (Å²) in [4.78, 5) is 12.9. The van der Waals surface area contributed by atoms with Gasteiger partial charge in [0.1, 0.15) is 5.01 Å². The molecule has 0 saturated heterocycles. The zero-order valence-corrected chi connectivity index (χ0v) is 15.1. The highest BCUT2D eigenvalue weighted by Gasteiger charge is 2.15. The van der Waals surface area contributed by atoms with Gasteiger partial charge < -0.3 is 5.32 Å². The highest BCUT2D eigenvalue weighted by atomic mass is 32.1. The number of nitrogens with zero attached hydrogens (tertiary/aromatic N) is 4. The third-order valence-corrected chi connectivity index (χ3v) is 4.60. The molecule has 1 amide bonds. The molecule has 0 aliphatic rings. The fourth-order valence-corrected chi connectivity index (χ4v) is 3.46. The standard InChI is InChI=1S/C17H21N5OS/c1-10(2)16-19-20-17-22(16)21-15(24-17)6-5-14(23)18-13-8-11(3)7-12(4)9-13/h7-10H,5-6H2,1-4H3,(H,18,23). The summed E-state index contributed by atoms with van der Waals surface area (Å²) in [5.74, 6) is 1.12. The van der Waals surface area contributed by atoms with Crippen molar-refractivity contribution >= 4 is 27.9 Å². The van der Waals surface area contributed by atoms with Crippen molar-refractivity contribution in [3.8, 4) is 0 Å². The van der Waals surface area contributed by atoms with Gasteiger partial charge in [-0.15, -0.1) is 10.2 Å². The molecule has 3 rings (SSSR count). The van der Waals surface area contributed by atoms with E-state index in [1.165, 1.54) is 11.3 Å². The first kappa shape index (κ1) is 16.6. The number of anilines is 1. The molecule has 0 aliphatic carbocycles. The lowest BCUT2D eigenvalue weighted by molar-refractivity contribution is -0.116. The van der Waals surface area contributed by atoms with E-state index >= 15 is 0 Å². The number of benzene rings is 1. The van der Waals surface area contributed by atoms with Crippen LogP contribution in [0.2, 0.25) is 0 Å². The van der Waals surface area contributed by atoms with Crippen molar-refractivity contribution in [3.05, 3.63) is 40.2 Å². The van der Waals surface area contributed by atoms with Crippen LogP contribution in [0.3, 0.4) is 0 Å². The van der Waals surface area contributed by atoms with Crippen LogP contribution in [0.1, 0.15) is 48.1 Å². The minimum atomic E-state index is -0.00458. The van der Waals surface area contributed by atoms with E-state index in [4.69, 9.17) is 0 Å². The van der Waals surface area contributed by atoms with Gasteiger partial charge in [-0.3, -0.25) is 4.79 Å². The van der Waals surface area contributed by atoms with Crippen LogP contribution >= 0.6 is 11.3 Å². The summed E-state index contributed by atoms with van der Waals surface area (Å²) in [6.45, 7) is 8.17. The molecule has 0 saturated carbocycles. The lowest BCUT2D eigenvalue weighted by Gasteiger charge is -2.07. The second-order valence-electron chi connectivity index (χ2n) is 6.33. The fourth-order valence-electron chi connectivity index (χ4n) is 2.62. The van der Waals surface area contributed by atoms with Crippen molar-refractivity contribution in [2.75, 3.05) is 5.32 Å². The average molecular weight is 343 g/mol. The van der Waals surface area contributed by atoms with E-state index in [0.717, 1.165) is 32.6 Å². The maximum absolute atomic E-state index is 12.2. The molecule has 7 heteroatoms. The third-order valence-electron chi connectivity index (χ3n) is 3.64. The van der Waals surface area contributed by atoms with Crippen LogP contribution in [0.25, 0.3) is 4.96 Å². The summed E-state index contributed by atoms with van der Waals surface area (Å²) in [6, 6.07) is 6.03. The number of carbonyl (C=O) groups is 1. The van der Waals surface area contributed by atoms with E-state index in [0.29, 0.717) is 12.8 Å². The number of aryl methyl sites for hydroxylation is 3. The second-order valence-corrected chi connectivity index (χ2v) is 7.37. The zero-order chi connectivity index (χ0) is 17.3. The molecule has 0 spiro atoms. The molecule has 0 fully saturated rings. The maximum Gasteiger partial charge on any atom is 0.234 e. The van der Waals surface area contributed by atoms with Crippen molar-refractivity contribution in [3.63, 3.8) is 0 Å². The van der Waals surface area contributed by atoms with Gasteiger partial charge in [-0.05, 0) is 37.1 Å². The number of rotatable bonds is 5. The van der Waals surface area contributed by atoms with E-state index in [1.54, 1.807) is 4.52 Å². The van der Waals surface area contributed by atoms with Crippen molar-refractivity contribution in [2.24, 2.45) is 0 Å². The largest absolute Gasteiger partial charge is 0.326 e. The Balaban J connectivity index is 1.63. The topological polar surface area (TPSA) is 72.2 Å². The Morgan fingerprint density at radius 1 is 1.21 bits per heavy atom. The lowest BCUT2D eigenvalue weighted by atomic mass is 10.1. The van der Waals surface area contributed by atoms with Gasteiger partial charge in [0.2, 0.25) is 10.9 Å². The molecule has 3 aromatic rings. The van der Waals surface area contributed by atoms with Crippen molar-refractivity contribution < 1.29 is 4.79 Å². The third kappa shape index (κ3) is 3.62. The monoisotopic (exact) mass is 343 g/mol. The van der Waals surface area contributed by atoms with Gasteiger partial charge in [0.25, 0.3) is 0 Å². The lowest BCUT2D eigenvalue weighted by Crippen LogP contribution is -2.12. The highest BCUT2D eigenvalue weighted by Crippen LogP contribution is 2.20. The molecule has 0 bridgehead atoms. The van der Waals surface area contributed by atoms with Crippen LogP contribution in [0.5, 0.6) is 0 Å². The van der Waals surface area contributed by atoms with Crippen molar-refractivity contribution in [1.82, 2.24) is 19.8 Å². The summed E-state index contributed by atoms with van der Waals surface area (Å²) in [5.41, 5.74) is 3.12. The molecule has 1 N–H and O–H groups in total. The summed E-state index contributed by atoms with van der Waals surface area (Å²) < 4.78 is 1.78. The summed E-state index contributed by atoms with van der Waals surface area (Å²) in [5, 5.41) is 16.7. The number of hydrogen-bond donors (Lipinski definition) is 1. The van der Waals surface area contributed by atoms with Gasteiger partial charge in [0.15, 0.2) is 5.82 Å². The Morgan fingerprint density at radius 2 is 1.92 bits per heavy atom. The minimum absolute atomic E-state index is 0.00458. The molecule has 6 nitrogen and oxygen atoms in total. The zero-order valence-electron chi connectivity index (χ0n) is 14.3. The summed E-state index contributed by atoms with van der Waals surface area (Å²) in [7, 11) is 0. The first-order valence-corrected chi connectivity index (χ1v) is 8.83. The molecular formula is C17H21N5OS. The van der Waals surface area contributed by atoms with Gasteiger partial charge in [-0.2, -0.15) is 9.61 Å². The Bertz CT molecular complexity index is 860. The molecule has 2 aromatic heterocycles. The van der Waals surface area contributed by atoms with Crippen LogP contribution in [-0.4, -0.2) is 25.7 Å². The summed E-state index contributed by atoms with van der Waals surface area (Å²) in [6.07, 6.45) is 0.996. The van der Waals surface area contributed by atoms with Crippen LogP contribution < -0.4 is 5.32 Å². The fraction of sp³-hybridized carbons (Fsp3) is 0.412. The Kier molecular flexibility index (Phi) is 4.62. The first-order valence-electron chi connectivity index (χ1n) is 8.01. The number of carbonyl (C=O) groups excluding carboxylic acids is 1. The van der Waals surface area contributed by atoms with Crippen LogP contribution in [0, 0.1) is 13.8 Å². The van der Waals surface area contributed by atoms with E-state index < -0.39 is 0 Å². The van der Waals surface area contributed by atoms with E-state index in [2.05, 4.69) is 40.5 Å². The van der Waals surface area contributed by atoms with Gasteiger partial charge in [-0.1, -0.05) is 31.3 Å². The van der Waals surface area contributed by atoms with E-state index in [9.17, 15) is 4.79 Å². The van der Waals surface area contributed by atoms with Crippen LogP contribution in [-0.2, 0) is 11.2 Å². The number of hydrogen-bond acceptors (Lipinski definition) is 5. The number of aromatic nitrogens is 4. The smallest absolute Gasteiger partial charge is 0.234 e. The van der Waals surface area contributed by atoms with Crippen LogP contribution in [0.4, 0.5) is 5.69 Å². The van der Waals surface area contributed by atoms with Crippen molar-refractivity contribution in [1.29, 1.82) is 0 Å². The molecule has 1 aromatic carbocycles. The molecule has 0 atom stereocenters. The van der Waals surface area contributed by atoms with Crippen molar-refractivity contribution in [2.45, 2.75) is 46.5 Å². The van der Waals surface area contributed by atoms with E-state index in [-0.39, 0.29) is 11.8 Å². The average Bonchev–Trinajstić information content (AvgIpc) is 3.03. The van der Waals surface area contributed by atoms with Crippen LogP contribution in [0.15, 0.2) is 18.2 Å². The maximum atomic E-state index is 12.2. The summed E-state index contributed by atoms with van der Waals surface area (Å²) >= 11 is 1.49.